The number of benzene rings is 12. The van der Waals surface area contributed by atoms with E-state index in [0.29, 0.717) is 0 Å². The first-order chi connectivity index (χ1) is 59.3. The van der Waals surface area contributed by atoms with Crippen molar-refractivity contribution in [1.29, 1.82) is 0 Å². The van der Waals surface area contributed by atoms with Crippen LogP contribution in [0.15, 0.2) is 342 Å². The number of para-hydroxylation sites is 6. The summed E-state index contributed by atoms with van der Waals surface area (Å²) in [5, 5.41) is 19.9. The molecule has 0 N–H and O–H groups in total. The smallest absolute Gasteiger partial charge is 0.367 e. The van der Waals surface area contributed by atoms with E-state index in [1.807, 2.05) is 79.3 Å². The summed E-state index contributed by atoms with van der Waals surface area (Å²) in [6.45, 7) is 0. The Balaban J connectivity index is 0.000000120. The van der Waals surface area contributed by atoms with Gasteiger partial charge < -0.3 is 42.4 Å². The number of thiophene rings is 3. The van der Waals surface area contributed by atoms with Gasteiger partial charge in [-0.1, -0.05) is 155 Å². The number of nitrogens with zero attached hydrogens (tertiary/aromatic N) is 12. The number of fused-ring (bicyclic) bond motifs is 12. The molecule has 0 atom stereocenters. The molecule has 0 radical (unpaired) electrons. The third kappa shape index (κ3) is 14.4. The number of pyridine rings is 3. The molecule has 594 valence electrons. The van der Waals surface area contributed by atoms with Gasteiger partial charge in [-0.25, -0.2) is 0 Å². The second kappa shape index (κ2) is 33.8. The van der Waals surface area contributed by atoms with E-state index in [1.54, 1.807) is 34.0 Å². The van der Waals surface area contributed by atoms with Crippen LogP contribution in [0.4, 0.5) is 0 Å². The van der Waals surface area contributed by atoms with Crippen LogP contribution < -0.4 is 0 Å². The average Bonchev–Trinajstić information content (AvgIpc) is 1.57. The maximum atomic E-state index is 5.08. The maximum Gasteiger partial charge on any atom is 2.00 e. The minimum Gasteiger partial charge on any atom is -0.367 e. The van der Waals surface area contributed by atoms with Gasteiger partial charge in [0.25, 0.3) is 0 Å². The van der Waals surface area contributed by atoms with Gasteiger partial charge in [-0.15, -0.1) is 149 Å². The number of aryl methyl sites for hydroxylation is 3. The predicted octanol–water partition coefficient (Wildman–Crippen LogP) is 26.2. The summed E-state index contributed by atoms with van der Waals surface area (Å²) in [6.07, 6.45) is 5.45. The molecule has 0 aliphatic carbocycles. The Morgan fingerprint density at radius 3 is 1.18 bits per heavy atom. The first-order valence-corrected chi connectivity index (χ1v) is 42.2. The number of aromatic nitrogens is 12. The summed E-state index contributed by atoms with van der Waals surface area (Å²) in [5.74, 6) is 2.68. The fourth-order valence-corrected chi connectivity index (χ4v) is 18.9. The topological polar surface area (TPSA) is 107 Å². The molecule has 0 saturated carbocycles. The van der Waals surface area contributed by atoms with Crippen molar-refractivity contribution < 1.29 is 63.2 Å². The molecule has 24 aromatic rings. The van der Waals surface area contributed by atoms with Crippen LogP contribution in [0, 0.1) is 36.4 Å². The Kier molecular flexibility index (Phi) is 21.9. The Hall–Kier alpha value is -12.9. The summed E-state index contributed by atoms with van der Waals surface area (Å²) in [6, 6.07) is 123. The molecule has 0 spiro atoms. The molecule has 0 amide bonds. The second-order valence-corrected chi connectivity index (χ2v) is 31.9. The zero-order valence-corrected chi connectivity index (χ0v) is 75.2. The molecule has 0 unspecified atom stereocenters. The first-order valence-electron chi connectivity index (χ1n) is 39.4. The summed E-state index contributed by atoms with van der Waals surface area (Å²) < 4.78 is 13.3. The first kappa shape index (κ1) is 79.8. The number of hydrogen-bond acceptors (Lipinski definition) is 9. The zero-order chi connectivity index (χ0) is 79.9. The molecule has 12 aromatic heterocycles. The van der Waals surface area contributed by atoms with Crippen LogP contribution in [0.5, 0.6) is 0 Å². The van der Waals surface area contributed by atoms with Gasteiger partial charge in [0.15, 0.2) is 0 Å². The van der Waals surface area contributed by atoms with Gasteiger partial charge in [0.05, 0.1) is 50.6 Å². The molecule has 24 rings (SSSR count). The average molecular weight is 2180 g/mol. The van der Waals surface area contributed by atoms with E-state index >= 15 is 0 Å². The van der Waals surface area contributed by atoms with E-state index in [2.05, 4.69) is 363 Å². The van der Waals surface area contributed by atoms with Crippen LogP contribution in [0.3, 0.4) is 0 Å². The minimum atomic E-state index is 0. The maximum absolute atomic E-state index is 5.08. The molecule has 0 aliphatic rings. The molecule has 12 aromatic carbocycles. The largest absolute Gasteiger partial charge is 2.00 e. The summed E-state index contributed by atoms with van der Waals surface area (Å²) in [5.41, 5.74) is 31.0. The quantitative estimate of drug-likeness (QED) is 0.113. The van der Waals surface area contributed by atoms with Crippen LogP contribution in [0.2, 0.25) is 0 Å². The monoisotopic (exact) mass is 2180 g/mol. The van der Waals surface area contributed by atoms with E-state index in [9.17, 15) is 0 Å². The van der Waals surface area contributed by atoms with Gasteiger partial charge in [0, 0.05) is 61.8 Å². The summed E-state index contributed by atoms with van der Waals surface area (Å²) >= 11 is 5.12. The Bertz CT molecular complexity index is 8030. The molecule has 123 heavy (non-hydrogen) atoms. The van der Waals surface area contributed by atoms with Crippen molar-refractivity contribution in [3.63, 3.8) is 0 Å². The zero-order valence-electron chi connectivity index (χ0n) is 65.9. The summed E-state index contributed by atoms with van der Waals surface area (Å²) in [4.78, 5) is 28.8. The van der Waals surface area contributed by atoms with Gasteiger partial charge >= 0.3 is 63.2 Å². The molecule has 18 heteroatoms. The van der Waals surface area contributed by atoms with Crippen LogP contribution in [-0.2, 0) is 84.3 Å². The van der Waals surface area contributed by atoms with Gasteiger partial charge in [-0.05, 0) is 200 Å². The summed E-state index contributed by atoms with van der Waals surface area (Å²) in [7, 11) is 6.26. The standard InChI is InChI=1S/3C35H22N4S.3Pt/c1-38-33-15-5-3-13-31(33)37-35(38)29-21-34-28(20-27(29)24-16-18-40-22-24)26-11-2-4-14-32(26)39(34)25-10-8-9-23(19-25)30-12-6-7-17-36-30;1-38-34-27(25-17-19-40-22-25)11-7-13-31(34)37-35(38)24-15-16-29-28-10-2-3-14-32(28)39(33(29)21-24)26-9-6-8-23(20-26)30-12-4-5-18-36-30;1-38-34-20-23(26-16-18-40-22-26)13-15-31(34)37-35(38)25-12-14-29-28-9-2-3-11-32(28)39(33(29)21-25)27-8-6-7-24(19-27)30-10-4-5-17-36-30;;;/h2-18,20,22H,1H3;2-19,22H,1H3;2-18,20,22H,1H3;;;/q3*-2;3*+2. The molecule has 0 aliphatic heterocycles. The fraction of sp³-hybridized carbons (Fsp3) is 0.0286. The molecule has 12 nitrogen and oxygen atoms in total. The fourth-order valence-electron chi connectivity index (χ4n) is 16.9. The van der Waals surface area contributed by atoms with Crippen molar-refractivity contribution in [2.24, 2.45) is 21.1 Å². The van der Waals surface area contributed by atoms with Gasteiger partial charge in [-0.3, -0.25) is 15.0 Å². The van der Waals surface area contributed by atoms with E-state index in [-0.39, 0.29) is 63.2 Å². The van der Waals surface area contributed by atoms with Crippen LogP contribution in [0.25, 0.3) is 217 Å². The molecular weight excluding hydrogens is 2110 g/mol. The van der Waals surface area contributed by atoms with E-state index < -0.39 is 0 Å². The number of rotatable bonds is 12. The van der Waals surface area contributed by atoms with E-state index in [1.165, 1.54) is 44.0 Å². The van der Waals surface area contributed by atoms with Crippen molar-refractivity contribution in [2.75, 3.05) is 0 Å². The molecule has 0 saturated heterocycles. The molecule has 0 fully saturated rings. The van der Waals surface area contributed by atoms with Crippen LogP contribution >= 0.6 is 34.0 Å². The molecule has 0 bridgehead atoms. The van der Waals surface area contributed by atoms with Crippen molar-refractivity contribution in [1.82, 2.24) is 57.3 Å². The molecular formula is C105H66N12Pt3S3. The third-order valence-corrected chi connectivity index (χ3v) is 24.6. The van der Waals surface area contributed by atoms with E-state index in [0.717, 1.165) is 173 Å². The second-order valence-electron chi connectivity index (χ2n) is 29.5. The third-order valence-electron chi connectivity index (χ3n) is 22.6. The van der Waals surface area contributed by atoms with Gasteiger partial charge in [0.2, 0.25) is 0 Å². The van der Waals surface area contributed by atoms with Crippen LogP contribution in [-0.4, -0.2) is 57.3 Å². The SMILES string of the molecule is Cn1c(-c2[c-]c3c(cc2)c2ccccc2n3-c2[c-]c(-c3ccccn3)ccc2)nc2ccc(-c3ccsc3)cc21.Cn1c(-c2[c-]c3c(cc2)c2ccccc2n3-c2[c-]c(-c3ccccn3)ccc2)nc2cccc(-c3ccsc3)c21.Cn1c(-c2[c-]c3c(cc2-c2ccsc2)c2ccccc2n3-c2[c-]c(-c3ccccn3)ccc2)nc2ccccc21.[Pt+2].[Pt+2].[Pt+2]. The van der Waals surface area contributed by atoms with Crippen molar-refractivity contribution >= 4 is 133 Å². The van der Waals surface area contributed by atoms with Crippen molar-refractivity contribution in [3.05, 3.63) is 378 Å². The van der Waals surface area contributed by atoms with Gasteiger partial charge in [-0.2, -0.15) is 34.0 Å². The Morgan fingerprint density at radius 2 is 0.683 bits per heavy atom. The van der Waals surface area contributed by atoms with Crippen molar-refractivity contribution in [3.8, 4) is 118 Å². The van der Waals surface area contributed by atoms with Crippen molar-refractivity contribution in [2.45, 2.75) is 0 Å². The minimum absolute atomic E-state index is 0. The Labute approximate surface area is 763 Å². The number of imidazole rings is 3. The van der Waals surface area contributed by atoms with Crippen LogP contribution in [0.1, 0.15) is 0 Å². The predicted molar refractivity (Wildman–Crippen MR) is 494 cm³/mol. The number of hydrogen-bond donors (Lipinski definition) is 0. The Morgan fingerprint density at radius 1 is 0.268 bits per heavy atom. The van der Waals surface area contributed by atoms with E-state index in [4.69, 9.17) is 15.0 Å². The van der Waals surface area contributed by atoms with Gasteiger partial charge in [0.1, 0.15) is 0 Å². The molecule has 12 heterocycles. The normalized spacial score (nSPS) is 11.3.